The molecule has 1 saturated heterocycles. The molecule has 3 aliphatic rings. The molecule has 4 nitrogen and oxygen atoms in total. The Morgan fingerprint density at radius 2 is 2.10 bits per heavy atom. The normalized spacial score (nSPS) is 37.5. The highest BCUT2D eigenvalue weighted by Gasteiger charge is 2.59. The van der Waals surface area contributed by atoms with Crippen molar-refractivity contribution >= 4 is 11.9 Å². The summed E-state index contributed by atoms with van der Waals surface area (Å²) in [4.78, 5) is 23.9. The van der Waals surface area contributed by atoms with Gasteiger partial charge in [-0.05, 0) is 50.9 Å². The second-order valence-electron chi connectivity index (χ2n) is 7.71. The number of cyclic esters (lactones) is 1. The van der Waals surface area contributed by atoms with Gasteiger partial charge in [0.1, 0.15) is 0 Å². The van der Waals surface area contributed by atoms with Crippen LogP contribution in [0.1, 0.15) is 46.5 Å². The van der Waals surface area contributed by atoms with Gasteiger partial charge in [-0.15, -0.1) is 0 Å². The first kappa shape index (κ1) is 14.9. The van der Waals surface area contributed by atoms with E-state index >= 15 is 0 Å². The smallest absolute Gasteiger partial charge is 0.311 e. The Morgan fingerprint density at radius 3 is 2.81 bits per heavy atom. The first-order valence-corrected chi connectivity index (χ1v) is 8.28. The minimum atomic E-state index is -0.388. The van der Waals surface area contributed by atoms with Crippen molar-refractivity contribution in [2.24, 2.45) is 35.0 Å². The van der Waals surface area contributed by atoms with E-state index < -0.39 is 0 Å². The largest absolute Gasteiger partial charge is 0.465 e. The Bertz CT molecular complexity index is 442. The molecule has 3 fully saturated rings. The fraction of sp³-hybridized carbons (Fsp3) is 0.882. The maximum Gasteiger partial charge on any atom is 0.311 e. The van der Waals surface area contributed by atoms with Gasteiger partial charge in [-0.2, -0.15) is 0 Å². The van der Waals surface area contributed by atoms with Crippen molar-refractivity contribution in [1.82, 2.24) is 0 Å². The summed E-state index contributed by atoms with van der Waals surface area (Å²) >= 11 is 0. The van der Waals surface area contributed by atoms with Crippen LogP contribution in [0.25, 0.3) is 0 Å². The van der Waals surface area contributed by atoms with E-state index in [1.165, 1.54) is 0 Å². The molecule has 0 aromatic heterocycles. The topological polar surface area (TPSA) is 52.6 Å². The van der Waals surface area contributed by atoms with Crippen LogP contribution in [0.3, 0.4) is 0 Å². The van der Waals surface area contributed by atoms with Crippen LogP contribution < -0.4 is 0 Å². The molecule has 0 spiro atoms. The zero-order chi connectivity index (χ0) is 15.2. The van der Waals surface area contributed by atoms with E-state index in [0.717, 1.165) is 25.7 Å². The van der Waals surface area contributed by atoms with Crippen molar-refractivity contribution in [2.75, 3.05) is 13.2 Å². The minimum Gasteiger partial charge on any atom is -0.465 e. The average Bonchev–Trinajstić information content (AvgIpc) is 3.08. The molecule has 2 aliphatic carbocycles. The lowest BCUT2D eigenvalue weighted by Crippen LogP contribution is -2.33. The lowest BCUT2D eigenvalue weighted by Gasteiger charge is -2.29. The van der Waals surface area contributed by atoms with Crippen LogP contribution in [0.15, 0.2) is 0 Å². The van der Waals surface area contributed by atoms with Crippen molar-refractivity contribution < 1.29 is 19.1 Å². The molecule has 5 unspecified atom stereocenters. The molecular formula is C17H26O4. The number of carbonyl (C=O) groups is 2. The van der Waals surface area contributed by atoms with Crippen LogP contribution >= 0.6 is 0 Å². The minimum absolute atomic E-state index is 0.00650. The molecule has 0 aromatic rings. The van der Waals surface area contributed by atoms with E-state index in [4.69, 9.17) is 9.47 Å². The van der Waals surface area contributed by atoms with E-state index in [9.17, 15) is 9.59 Å². The number of hydrogen-bond donors (Lipinski definition) is 0. The first-order chi connectivity index (χ1) is 9.94. The number of rotatable bonds is 5. The lowest BCUT2D eigenvalue weighted by atomic mass is 9.76. The van der Waals surface area contributed by atoms with Gasteiger partial charge in [0, 0.05) is 5.92 Å². The SMILES string of the molecule is CCCC(C)(C)C(=O)OCC1CC2CC1C1COC(=O)C21. The number of fused-ring (bicyclic) bond motifs is 5. The zero-order valence-electron chi connectivity index (χ0n) is 13.3. The summed E-state index contributed by atoms with van der Waals surface area (Å²) in [6.07, 6.45) is 3.97. The Morgan fingerprint density at radius 1 is 1.33 bits per heavy atom. The molecule has 4 heteroatoms. The van der Waals surface area contributed by atoms with E-state index in [1.807, 2.05) is 13.8 Å². The van der Waals surface area contributed by atoms with Crippen LogP contribution in [0.4, 0.5) is 0 Å². The van der Waals surface area contributed by atoms with Gasteiger partial charge in [-0.1, -0.05) is 13.3 Å². The molecular weight excluding hydrogens is 268 g/mol. The maximum absolute atomic E-state index is 12.2. The van der Waals surface area contributed by atoms with Crippen molar-refractivity contribution in [3.63, 3.8) is 0 Å². The molecule has 0 aromatic carbocycles. The lowest BCUT2D eigenvalue weighted by molar-refractivity contribution is -0.156. The van der Waals surface area contributed by atoms with Crippen molar-refractivity contribution in [1.29, 1.82) is 0 Å². The quantitative estimate of drug-likeness (QED) is 0.732. The van der Waals surface area contributed by atoms with Gasteiger partial charge in [0.25, 0.3) is 0 Å². The first-order valence-electron chi connectivity index (χ1n) is 8.28. The highest BCUT2D eigenvalue weighted by molar-refractivity contribution is 5.76. The zero-order valence-corrected chi connectivity index (χ0v) is 13.3. The van der Waals surface area contributed by atoms with Gasteiger partial charge in [0.05, 0.1) is 24.5 Å². The summed E-state index contributed by atoms with van der Waals surface area (Å²) in [5, 5.41) is 0. The van der Waals surface area contributed by atoms with Crippen LogP contribution in [0.5, 0.6) is 0 Å². The summed E-state index contributed by atoms with van der Waals surface area (Å²) in [6.45, 7) is 7.10. The molecule has 0 amide bonds. The molecule has 2 bridgehead atoms. The molecule has 118 valence electrons. The van der Waals surface area contributed by atoms with Crippen LogP contribution in [0.2, 0.25) is 0 Å². The standard InChI is InChI=1S/C17H26O4/c1-4-5-17(2,3)16(19)21-8-11-6-10-7-12(11)13-9-20-15(18)14(10)13/h10-14H,4-9H2,1-3H3. The Balaban J connectivity index is 1.54. The molecule has 1 heterocycles. The van der Waals surface area contributed by atoms with E-state index in [2.05, 4.69) is 6.92 Å². The summed E-state index contributed by atoms with van der Waals surface area (Å²) in [7, 11) is 0. The summed E-state index contributed by atoms with van der Waals surface area (Å²) in [6, 6.07) is 0. The third kappa shape index (κ3) is 2.47. The third-order valence-electron chi connectivity index (χ3n) is 5.85. The highest BCUT2D eigenvalue weighted by Crippen LogP contribution is 2.57. The number of hydrogen-bond acceptors (Lipinski definition) is 4. The third-order valence-corrected chi connectivity index (χ3v) is 5.85. The predicted molar refractivity (Wildman–Crippen MR) is 77.3 cm³/mol. The van der Waals surface area contributed by atoms with Crippen molar-refractivity contribution in [3.05, 3.63) is 0 Å². The molecule has 21 heavy (non-hydrogen) atoms. The monoisotopic (exact) mass is 294 g/mol. The van der Waals surface area contributed by atoms with Gasteiger partial charge in [-0.3, -0.25) is 9.59 Å². The summed E-state index contributed by atoms with van der Waals surface area (Å²) in [5.74, 6) is 1.83. The van der Waals surface area contributed by atoms with Crippen LogP contribution in [-0.4, -0.2) is 25.2 Å². The average molecular weight is 294 g/mol. The fourth-order valence-electron chi connectivity index (χ4n) is 4.80. The summed E-state index contributed by atoms with van der Waals surface area (Å²) < 4.78 is 10.8. The molecule has 1 aliphatic heterocycles. The molecule has 0 radical (unpaired) electrons. The van der Waals surface area contributed by atoms with Crippen LogP contribution in [0, 0.1) is 35.0 Å². The second-order valence-corrected chi connectivity index (χ2v) is 7.71. The number of carbonyl (C=O) groups excluding carboxylic acids is 2. The predicted octanol–water partition coefficient (Wildman–Crippen LogP) is 2.80. The van der Waals surface area contributed by atoms with Gasteiger partial charge in [0.15, 0.2) is 0 Å². The Hall–Kier alpha value is -1.06. The number of esters is 2. The Labute approximate surface area is 126 Å². The molecule has 0 N–H and O–H groups in total. The van der Waals surface area contributed by atoms with Gasteiger partial charge in [-0.25, -0.2) is 0 Å². The van der Waals surface area contributed by atoms with E-state index in [0.29, 0.717) is 36.9 Å². The number of ether oxygens (including phenoxy) is 2. The van der Waals surface area contributed by atoms with Crippen molar-refractivity contribution in [3.8, 4) is 0 Å². The van der Waals surface area contributed by atoms with Crippen molar-refractivity contribution in [2.45, 2.75) is 46.5 Å². The fourth-order valence-corrected chi connectivity index (χ4v) is 4.80. The van der Waals surface area contributed by atoms with Crippen LogP contribution in [-0.2, 0) is 19.1 Å². The second kappa shape index (κ2) is 5.29. The molecule has 3 rings (SSSR count). The molecule has 2 saturated carbocycles. The Kier molecular flexibility index (Phi) is 3.74. The van der Waals surface area contributed by atoms with E-state index in [-0.39, 0.29) is 23.3 Å². The summed E-state index contributed by atoms with van der Waals surface area (Å²) in [5.41, 5.74) is -0.388. The van der Waals surface area contributed by atoms with E-state index in [1.54, 1.807) is 0 Å². The highest BCUT2D eigenvalue weighted by atomic mass is 16.5. The molecule has 5 atom stereocenters. The van der Waals surface area contributed by atoms with Gasteiger partial charge in [0.2, 0.25) is 0 Å². The van der Waals surface area contributed by atoms with Gasteiger partial charge >= 0.3 is 11.9 Å². The maximum atomic E-state index is 12.2. The van der Waals surface area contributed by atoms with Gasteiger partial charge < -0.3 is 9.47 Å².